The van der Waals surface area contributed by atoms with Crippen LogP contribution in [0.4, 0.5) is 0 Å². The molecule has 1 aliphatic rings. The number of rotatable bonds is 5. The second kappa shape index (κ2) is 6.67. The first-order chi connectivity index (χ1) is 10.7. The first kappa shape index (κ1) is 14.7. The fourth-order valence-corrected chi connectivity index (χ4v) is 2.61. The van der Waals surface area contributed by atoms with Crippen molar-refractivity contribution in [1.82, 2.24) is 30.7 Å². The number of hydrogen-bond acceptors (Lipinski definition) is 5. The number of carbonyl (C=O) groups excluding carboxylic acids is 1. The van der Waals surface area contributed by atoms with Gasteiger partial charge in [0.05, 0.1) is 0 Å². The molecular formula is C15H20N6O. The topological polar surface area (TPSA) is 83.9 Å². The Kier molecular flexibility index (Phi) is 4.45. The molecule has 1 amide bonds. The van der Waals surface area contributed by atoms with Crippen molar-refractivity contribution in [1.29, 1.82) is 0 Å². The third-order valence-electron chi connectivity index (χ3n) is 3.90. The number of aromatic nitrogens is 3. The normalized spacial score (nSPS) is 21.0. The van der Waals surface area contributed by atoms with Gasteiger partial charge in [0, 0.05) is 43.9 Å². The average Bonchev–Trinajstić information content (AvgIpc) is 3.18. The Labute approximate surface area is 129 Å². The number of carbonyl (C=O) groups is 1. The maximum Gasteiger partial charge on any atom is 0.238 e. The van der Waals surface area contributed by atoms with E-state index in [1.165, 1.54) is 0 Å². The van der Waals surface area contributed by atoms with E-state index in [4.69, 9.17) is 0 Å². The number of hydrazine groups is 1. The summed E-state index contributed by atoms with van der Waals surface area (Å²) in [5.74, 6) is 0.967. The van der Waals surface area contributed by atoms with Crippen LogP contribution in [0.5, 0.6) is 0 Å². The van der Waals surface area contributed by atoms with Crippen LogP contribution in [0.25, 0.3) is 0 Å². The SMILES string of the molecule is Cc1nccn1CCNC(=O)C1CC(c2ccncc2)NN1. The van der Waals surface area contributed by atoms with Gasteiger partial charge in [-0.05, 0) is 31.0 Å². The van der Waals surface area contributed by atoms with Gasteiger partial charge < -0.3 is 9.88 Å². The third kappa shape index (κ3) is 3.32. The van der Waals surface area contributed by atoms with Gasteiger partial charge in [-0.25, -0.2) is 15.8 Å². The monoisotopic (exact) mass is 300 g/mol. The summed E-state index contributed by atoms with van der Waals surface area (Å²) in [6.07, 6.45) is 7.92. The minimum absolute atomic E-state index is 0.0156. The predicted molar refractivity (Wildman–Crippen MR) is 81.6 cm³/mol. The van der Waals surface area contributed by atoms with Crippen LogP contribution in [0, 0.1) is 6.92 Å². The Balaban J connectivity index is 1.46. The molecule has 2 unspecified atom stereocenters. The number of nitrogens with zero attached hydrogens (tertiary/aromatic N) is 3. The quantitative estimate of drug-likeness (QED) is 0.740. The van der Waals surface area contributed by atoms with Crippen molar-refractivity contribution < 1.29 is 4.79 Å². The zero-order chi connectivity index (χ0) is 15.4. The highest BCUT2D eigenvalue weighted by Gasteiger charge is 2.29. The van der Waals surface area contributed by atoms with E-state index in [-0.39, 0.29) is 18.0 Å². The lowest BCUT2D eigenvalue weighted by Crippen LogP contribution is -2.44. The number of pyridine rings is 1. The zero-order valence-electron chi connectivity index (χ0n) is 12.5. The van der Waals surface area contributed by atoms with Crippen LogP contribution in [-0.4, -0.2) is 33.0 Å². The Morgan fingerprint density at radius 3 is 2.91 bits per heavy atom. The Morgan fingerprint density at radius 1 is 1.36 bits per heavy atom. The van der Waals surface area contributed by atoms with Gasteiger partial charge in [0.2, 0.25) is 5.91 Å². The lowest BCUT2D eigenvalue weighted by Gasteiger charge is -2.11. The van der Waals surface area contributed by atoms with Crippen molar-refractivity contribution >= 4 is 5.91 Å². The van der Waals surface area contributed by atoms with Gasteiger partial charge in [-0.15, -0.1) is 0 Å². The van der Waals surface area contributed by atoms with Crippen molar-refractivity contribution in [3.8, 4) is 0 Å². The van der Waals surface area contributed by atoms with Gasteiger partial charge in [0.15, 0.2) is 0 Å². The summed E-state index contributed by atoms with van der Waals surface area (Å²) in [4.78, 5) is 20.4. The van der Waals surface area contributed by atoms with E-state index in [1.807, 2.05) is 29.8 Å². The molecule has 0 aromatic carbocycles. The first-order valence-electron chi connectivity index (χ1n) is 7.40. The first-order valence-corrected chi connectivity index (χ1v) is 7.40. The van der Waals surface area contributed by atoms with Gasteiger partial charge in [-0.1, -0.05) is 0 Å². The van der Waals surface area contributed by atoms with E-state index in [2.05, 4.69) is 26.1 Å². The fraction of sp³-hybridized carbons (Fsp3) is 0.400. The summed E-state index contributed by atoms with van der Waals surface area (Å²) in [6.45, 7) is 3.27. The summed E-state index contributed by atoms with van der Waals surface area (Å²) < 4.78 is 2.01. The van der Waals surface area contributed by atoms with Crippen LogP contribution in [0.3, 0.4) is 0 Å². The summed E-state index contributed by atoms with van der Waals surface area (Å²) >= 11 is 0. The van der Waals surface area contributed by atoms with Crippen LogP contribution in [0.1, 0.15) is 23.9 Å². The van der Waals surface area contributed by atoms with Crippen LogP contribution < -0.4 is 16.2 Å². The van der Waals surface area contributed by atoms with Crippen LogP contribution >= 0.6 is 0 Å². The molecule has 0 aliphatic carbocycles. The summed E-state index contributed by atoms with van der Waals surface area (Å²) in [7, 11) is 0. The van der Waals surface area contributed by atoms with E-state index in [0.717, 1.165) is 24.4 Å². The second-order valence-corrected chi connectivity index (χ2v) is 5.37. The van der Waals surface area contributed by atoms with E-state index in [1.54, 1.807) is 18.6 Å². The highest BCUT2D eigenvalue weighted by molar-refractivity contribution is 5.82. The Bertz CT molecular complexity index is 626. The summed E-state index contributed by atoms with van der Waals surface area (Å²) in [5, 5.41) is 2.96. The fourth-order valence-electron chi connectivity index (χ4n) is 2.61. The van der Waals surface area contributed by atoms with Gasteiger partial charge in [0.25, 0.3) is 0 Å². The molecule has 2 aromatic heterocycles. The average molecular weight is 300 g/mol. The standard InChI is InChI=1S/C15H20N6O/c1-11-17-6-8-21(11)9-7-18-15(22)14-10-13(19-20-14)12-2-4-16-5-3-12/h2-6,8,13-14,19-20H,7,9-10H2,1H3,(H,18,22). The largest absolute Gasteiger partial charge is 0.353 e. The number of hydrogen-bond donors (Lipinski definition) is 3. The van der Waals surface area contributed by atoms with Crippen molar-refractivity contribution in [2.75, 3.05) is 6.54 Å². The van der Waals surface area contributed by atoms with Crippen molar-refractivity contribution in [3.63, 3.8) is 0 Å². The van der Waals surface area contributed by atoms with E-state index < -0.39 is 0 Å². The van der Waals surface area contributed by atoms with Crippen LogP contribution in [0.2, 0.25) is 0 Å². The number of amides is 1. The predicted octanol–water partition coefficient (Wildman–Crippen LogP) is 0.311. The van der Waals surface area contributed by atoms with Crippen molar-refractivity contribution in [2.45, 2.75) is 32.0 Å². The third-order valence-corrected chi connectivity index (χ3v) is 3.90. The molecule has 1 fully saturated rings. The minimum atomic E-state index is -0.220. The molecule has 1 aliphatic heterocycles. The van der Waals surface area contributed by atoms with Crippen LogP contribution in [0.15, 0.2) is 36.9 Å². The zero-order valence-corrected chi connectivity index (χ0v) is 12.5. The molecule has 7 nitrogen and oxygen atoms in total. The molecule has 116 valence electrons. The summed E-state index contributed by atoms with van der Waals surface area (Å²) in [6, 6.07) is 3.83. The molecule has 0 saturated carbocycles. The van der Waals surface area contributed by atoms with Gasteiger partial charge in [0.1, 0.15) is 11.9 Å². The molecule has 2 atom stereocenters. The maximum atomic E-state index is 12.2. The number of imidazole rings is 1. The number of aryl methyl sites for hydroxylation is 1. The molecule has 3 N–H and O–H groups in total. The highest BCUT2D eigenvalue weighted by Crippen LogP contribution is 2.21. The smallest absolute Gasteiger partial charge is 0.238 e. The van der Waals surface area contributed by atoms with E-state index in [0.29, 0.717) is 6.54 Å². The van der Waals surface area contributed by atoms with E-state index >= 15 is 0 Å². The maximum absolute atomic E-state index is 12.2. The molecule has 7 heteroatoms. The Hall–Kier alpha value is -2.25. The molecule has 2 aromatic rings. The molecule has 22 heavy (non-hydrogen) atoms. The van der Waals surface area contributed by atoms with Gasteiger partial charge in [-0.2, -0.15) is 0 Å². The molecule has 1 saturated heterocycles. The van der Waals surface area contributed by atoms with Gasteiger partial charge >= 0.3 is 0 Å². The Morgan fingerprint density at radius 2 is 2.18 bits per heavy atom. The lowest BCUT2D eigenvalue weighted by molar-refractivity contribution is -0.122. The molecule has 0 bridgehead atoms. The van der Waals surface area contributed by atoms with Crippen LogP contribution in [-0.2, 0) is 11.3 Å². The van der Waals surface area contributed by atoms with Crippen molar-refractivity contribution in [3.05, 3.63) is 48.3 Å². The molecule has 0 radical (unpaired) electrons. The number of nitrogens with one attached hydrogen (secondary N) is 3. The molecule has 3 heterocycles. The summed E-state index contributed by atoms with van der Waals surface area (Å²) in [5.41, 5.74) is 7.35. The molecule has 0 spiro atoms. The van der Waals surface area contributed by atoms with Crippen molar-refractivity contribution in [2.24, 2.45) is 0 Å². The van der Waals surface area contributed by atoms with Gasteiger partial charge in [-0.3, -0.25) is 9.78 Å². The lowest BCUT2D eigenvalue weighted by atomic mass is 10.0. The minimum Gasteiger partial charge on any atom is -0.353 e. The highest BCUT2D eigenvalue weighted by atomic mass is 16.2. The molecule has 3 rings (SSSR count). The molecular weight excluding hydrogens is 280 g/mol. The second-order valence-electron chi connectivity index (χ2n) is 5.37. The van der Waals surface area contributed by atoms with E-state index in [9.17, 15) is 4.79 Å².